The number of rotatable bonds is 7. The number of amides is 2. The Bertz CT molecular complexity index is 1030. The summed E-state index contributed by atoms with van der Waals surface area (Å²) < 4.78 is 26.4. The molecule has 7 nitrogen and oxygen atoms in total. The van der Waals surface area contributed by atoms with Crippen molar-refractivity contribution in [2.75, 3.05) is 15.4 Å². The van der Waals surface area contributed by atoms with Gasteiger partial charge in [0.1, 0.15) is 0 Å². The topological polar surface area (TPSA) is 104 Å². The maximum Gasteiger partial charge on any atom is 0.255 e. The fourth-order valence-corrected chi connectivity index (χ4v) is 4.16. The summed E-state index contributed by atoms with van der Waals surface area (Å²) in [7, 11) is -3.44. The van der Waals surface area contributed by atoms with Crippen molar-refractivity contribution in [1.29, 1.82) is 0 Å². The van der Waals surface area contributed by atoms with Crippen LogP contribution in [0.5, 0.6) is 0 Å². The molecule has 0 aromatic heterocycles. The van der Waals surface area contributed by atoms with Gasteiger partial charge in [-0.15, -0.1) is 0 Å². The Morgan fingerprint density at radius 3 is 2.10 bits per heavy atom. The highest BCUT2D eigenvalue weighted by atomic mass is 32.2. The molecule has 1 saturated carbocycles. The van der Waals surface area contributed by atoms with Gasteiger partial charge < -0.3 is 10.6 Å². The van der Waals surface area contributed by atoms with Gasteiger partial charge >= 0.3 is 0 Å². The Labute approximate surface area is 183 Å². The minimum absolute atomic E-state index is 0.0302. The normalized spacial score (nSPS) is 14.8. The van der Waals surface area contributed by atoms with Gasteiger partial charge in [0.15, 0.2) is 0 Å². The molecule has 0 saturated heterocycles. The molecule has 0 spiro atoms. The van der Waals surface area contributed by atoms with Crippen molar-refractivity contribution < 1.29 is 18.0 Å². The predicted molar refractivity (Wildman–Crippen MR) is 124 cm³/mol. The third-order valence-corrected chi connectivity index (χ3v) is 7.15. The van der Waals surface area contributed by atoms with E-state index in [9.17, 15) is 18.0 Å². The average Bonchev–Trinajstić information content (AvgIpc) is 2.74. The molecule has 0 radical (unpaired) electrons. The summed E-state index contributed by atoms with van der Waals surface area (Å²) in [4.78, 5) is 25.0. The first-order valence-electron chi connectivity index (χ1n) is 10.6. The molecule has 3 N–H and O–H groups in total. The second kappa shape index (κ2) is 9.96. The molecule has 2 aromatic carbocycles. The van der Waals surface area contributed by atoms with Gasteiger partial charge in [-0.05, 0) is 69.2 Å². The quantitative estimate of drug-likeness (QED) is 0.581. The molecule has 0 unspecified atom stereocenters. The number of hydrogen-bond acceptors (Lipinski definition) is 4. The molecule has 0 heterocycles. The first kappa shape index (κ1) is 22.8. The van der Waals surface area contributed by atoms with Crippen LogP contribution in [0.4, 0.5) is 17.1 Å². The van der Waals surface area contributed by atoms with E-state index < -0.39 is 15.3 Å². The second-order valence-corrected chi connectivity index (χ2v) is 10.4. The zero-order valence-electron chi connectivity index (χ0n) is 17.9. The number of sulfonamides is 1. The van der Waals surface area contributed by atoms with E-state index in [0.29, 0.717) is 22.6 Å². The molecule has 31 heavy (non-hydrogen) atoms. The molecule has 1 aliphatic rings. The Morgan fingerprint density at radius 2 is 1.48 bits per heavy atom. The Balaban J connectivity index is 1.61. The minimum Gasteiger partial charge on any atom is -0.326 e. The number of hydrogen-bond donors (Lipinski definition) is 3. The van der Waals surface area contributed by atoms with Gasteiger partial charge in [-0.25, -0.2) is 8.42 Å². The maximum absolute atomic E-state index is 12.6. The highest BCUT2D eigenvalue weighted by molar-refractivity contribution is 7.93. The third kappa shape index (κ3) is 6.30. The molecule has 2 aromatic rings. The van der Waals surface area contributed by atoms with Crippen LogP contribution in [0.1, 0.15) is 56.3 Å². The minimum atomic E-state index is -3.44. The van der Waals surface area contributed by atoms with Gasteiger partial charge in [-0.2, -0.15) is 0 Å². The molecule has 0 aliphatic heterocycles. The molecular weight excluding hydrogens is 414 g/mol. The zero-order valence-corrected chi connectivity index (χ0v) is 18.7. The van der Waals surface area contributed by atoms with E-state index in [1.807, 2.05) is 0 Å². The lowest BCUT2D eigenvalue weighted by Gasteiger charge is -2.20. The van der Waals surface area contributed by atoms with Crippen LogP contribution in [0.15, 0.2) is 48.5 Å². The van der Waals surface area contributed by atoms with E-state index in [-0.39, 0.29) is 17.7 Å². The summed E-state index contributed by atoms with van der Waals surface area (Å²) in [6.45, 7) is 3.19. The standard InChI is InChI=1S/C23H29N3O4S/c1-16(2)31(29,30)26-19-13-11-18(12-14-19)23(28)25-21-10-6-9-20(15-21)24-22(27)17-7-4-3-5-8-17/h6,9-17,26H,3-5,7-8H2,1-2H3,(H,24,27)(H,25,28). The van der Waals surface area contributed by atoms with Gasteiger partial charge in [0.2, 0.25) is 15.9 Å². The van der Waals surface area contributed by atoms with Crippen LogP contribution in [0.2, 0.25) is 0 Å². The summed E-state index contributed by atoms with van der Waals surface area (Å²) in [5, 5.41) is 5.20. The van der Waals surface area contributed by atoms with Crippen molar-refractivity contribution in [3.63, 3.8) is 0 Å². The van der Waals surface area contributed by atoms with Crippen molar-refractivity contribution >= 4 is 38.9 Å². The summed E-state index contributed by atoms with van der Waals surface area (Å²) >= 11 is 0. The summed E-state index contributed by atoms with van der Waals surface area (Å²) in [6, 6.07) is 13.3. The predicted octanol–water partition coefficient (Wildman–Crippen LogP) is 4.61. The molecule has 1 fully saturated rings. The Morgan fingerprint density at radius 1 is 0.871 bits per heavy atom. The second-order valence-electron chi connectivity index (χ2n) is 8.13. The van der Waals surface area contributed by atoms with E-state index in [2.05, 4.69) is 15.4 Å². The van der Waals surface area contributed by atoms with Crippen LogP contribution in [-0.4, -0.2) is 25.5 Å². The van der Waals surface area contributed by atoms with Crippen LogP contribution in [0, 0.1) is 5.92 Å². The third-order valence-electron chi connectivity index (χ3n) is 5.39. The first-order chi connectivity index (χ1) is 14.7. The monoisotopic (exact) mass is 443 g/mol. The largest absolute Gasteiger partial charge is 0.326 e. The average molecular weight is 444 g/mol. The van der Waals surface area contributed by atoms with Gasteiger partial charge in [0.05, 0.1) is 5.25 Å². The van der Waals surface area contributed by atoms with Crippen molar-refractivity contribution in [3.05, 3.63) is 54.1 Å². The van der Waals surface area contributed by atoms with Crippen LogP contribution >= 0.6 is 0 Å². The van der Waals surface area contributed by atoms with E-state index >= 15 is 0 Å². The molecule has 0 atom stereocenters. The lowest BCUT2D eigenvalue weighted by atomic mass is 9.88. The van der Waals surface area contributed by atoms with Gasteiger partial charge in [-0.3, -0.25) is 14.3 Å². The van der Waals surface area contributed by atoms with Crippen LogP contribution in [-0.2, 0) is 14.8 Å². The SMILES string of the molecule is CC(C)S(=O)(=O)Nc1ccc(C(=O)Nc2cccc(NC(=O)C3CCCCC3)c2)cc1. The van der Waals surface area contributed by atoms with E-state index in [4.69, 9.17) is 0 Å². The van der Waals surface area contributed by atoms with E-state index in [1.165, 1.54) is 6.42 Å². The molecular formula is C23H29N3O4S. The summed E-state index contributed by atoms with van der Waals surface area (Å²) in [6.07, 6.45) is 5.21. The van der Waals surface area contributed by atoms with Crippen molar-refractivity contribution in [3.8, 4) is 0 Å². The molecule has 1 aliphatic carbocycles. The van der Waals surface area contributed by atoms with Crippen molar-refractivity contribution in [1.82, 2.24) is 0 Å². The molecule has 166 valence electrons. The number of benzene rings is 2. The van der Waals surface area contributed by atoms with Gasteiger partial charge in [-0.1, -0.05) is 25.3 Å². The highest BCUT2D eigenvalue weighted by Crippen LogP contribution is 2.25. The van der Waals surface area contributed by atoms with Gasteiger partial charge in [0, 0.05) is 28.5 Å². The number of nitrogens with one attached hydrogen (secondary N) is 3. The maximum atomic E-state index is 12.6. The zero-order chi connectivity index (χ0) is 22.4. The Hall–Kier alpha value is -2.87. The van der Waals surface area contributed by atoms with E-state index in [0.717, 1.165) is 25.7 Å². The van der Waals surface area contributed by atoms with Crippen molar-refractivity contribution in [2.24, 2.45) is 5.92 Å². The molecule has 0 bridgehead atoms. The Kier molecular flexibility index (Phi) is 7.33. The number of carbonyl (C=O) groups is 2. The fraction of sp³-hybridized carbons (Fsp3) is 0.391. The summed E-state index contributed by atoms with van der Waals surface area (Å²) in [5.74, 6) is -0.240. The number of carbonyl (C=O) groups excluding carboxylic acids is 2. The first-order valence-corrected chi connectivity index (χ1v) is 12.1. The molecule has 8 heteroatoms. The lowest BCUT2D eigenvalue weighted by Crippen LogP contribution is -2.24. The fourth-order valence-electron chi connectivity index (χ4n) is 3.46. The number of anilines is 3. The van der Waals surface area contributed by atoms with Crippen molar-refractivity contribution in [2.45, 2.75) is 51.2 Å². The van der Waals surface area contributed by atoms with Gasteiger partial charge in [0.25, 0.3) is 5.91 Å². The smallest absolute Gasteiger partial charge is 0.255 e. The molecule has 3 rings (SSSR count). The lowest BCUT2D eigenvalue weighted by molar-refractivity contribution is -0.120. The van der Waals surface area contributed by atoms with Crippen LogP contribution in [0.3, 0.4) is 0 Å². The highest BCUT2D eigenvalue weighted by Gasteiger charge is 2.21. The summed E-state index contributed by atoms with van der Waals surface area (Å²) in [5.41, 5.74) is 2.00. The van der Waals surface area contributed by atoms with Crippen LogP contribution < -0.4 is 15.4 Å². The molecule has 2 amide bonds. The van der Waals surface area contributed by atoms with Crippen LogP contribution in [0.25, 0.3) is 0 Å². The van der Waals surface area contributed by atoms with E-state index in [1.54, 1.807) is 62.4 Å².